The number of aryl methyl sites for hydroxylation is 2. The number of carbonyl (C=O) groups is 1. The monoisotopic (exact) mass is 582 g/mol. The maximum atomic E-state index is 12.0. The highest BCUT2D eigenvalue weighted by atomic mass is 19.4. The molecule has 0 saturated heterocycles. The van der Waals surface area contributed by atoms with E-state index in [1.165, 1.54) is 50.3 Å². The van der Waals surface area contributed by atoms with Gasteiger partial charge in [0.15, 0.2) is 5.43 Å². The Hall–Kier alpha value is -3.41. The molecule has 0 aromatic carbocycles. The van der Waals surface area contributed by atoms with Crippen LogP contribution in [0.5, 0.6) is 0 Å². The molecule has 1 amide bonds. The Kier molecular flexibility index (Phi) is 20.7. The van der Waals surface area contributed by atoms with Gasteiger partial charge in [0, 0.05) is 41.7 Å². The van der Waals surface area contributed by atoms with Crippen LogP contribution in [-0.2, 0) is 4.74 Å². The van der Waals surface area contributed by atoms with Crippen LogP contribution in [0.25, 0.3) is 0 Å². The molecule has 0 bridgehead atoms. The van der Waals surface area contributed by atoms with Gasteiger partial charge in [0.25, 0.3) is 0 Å². The van der Waals surface area contributed by atoms with Crippen molar-refractivity contribution in [2.24, 2.45) is 11.8 Å². The molecule has 0 radical (unpaired) electrons. The molecule has 9 heteroatoms. The molecular weight excluding hydrogens is 533 g/mol. The predicted molar refractivity (Wildman–Crippen MR) is 161 cm³/mol. The fourth-order valence-electron chi connectivity index (χ4n) is 4.15. The molecular formula is C32H49F3N2O4. The van der Waals surface area contributed by atoms with Gasteiger partial charge in [-0.2, -0.15) is 0 Å². The first-order valence-electron chi connectivity index (χ1n) is 14.1. The number of aromatic nitrogens is 1. The molecule has 1 aromatic heterocycles. The van der Waals surface area contributed by atoms with E-state index in [9.17, 15) is 22.8 Å². The van der Waals surface area contributed by atoms with Crippen molar-refractivity contribution in [2.75, 3.05) is 6.54 Å². The number of nitrogens with one attached hydrogen (secondary N) is 1. The normalized spacial score (nSPS) is 14.5. The highest BCUT2D eigenvalue weighted by Gasteiger charge is 2.31. The van der Waals surface area contributed by atoms with Gasteiger partial charge >= 0.3 is 12.5 Å². The number of H-pyrrole nitrogens is 1. The van der Waals surface area contributed by atoms with E-state index in [1.54, 1.807) is 13.0 Å². The molecule has 0 spiro atoms. The van der Waals surface area contributed by atoms with Crippen molar-refractivity contribution in [3.05, 3.63) is 69.0 Å². The van der Waals surface area contributed by atoms with Crippen LogP contribution < -0.4 is 5.43 Å². The largest absolute Gasteiger partial charge is 0.572 e. The summed E-state index contributed by atoms with van der Waals surface area (Å²) in [5, 5.41) is 8.89. The van der Waals surface area contributed by atoms with E-state index in [0.717, 1.165) is 39.8 Å². The summed E-state index contributed by atoms with van der Waals surface area (Å²) < 4.78 is 39.8. The van der Waals surface area contributed by atoms with Gasteiger partial charge in [-0.25, -0.2) is 4.79 Å². The van der Waals surface area contributed by atoms with Gasteiger partial charge in [-0.15, -0.1) is 26.0 Å². The third-order valence-corrected chi connectivity index (χ3v) is 6.41. The second kappa shape index (κ2) is 21.4. The molecule has 0 aliphatic heterocycles. The molecule has 3 rings (SSSR count). The fourth-order valence-corrected chi connectivity index (χ4v) is 4.15. The van der Waals surface area contributed by atoms with Crippen LogP contribution in [0.2, 0.25) is 0 Å². The highest BCUT2D eigenvalue weighted by molar-refractivity contribution is 5.68. The highest BCUT2D eigenvalue weighted by Crippen LogP contribution is 2.29. The van der Waals surface area contributed by atoms with E-state index >= 15 is 0 Å². The number of allylic oxidation sites excluding steroid dienone is 4. The number of ether oxygens (including phenoxy) is 1. The second-order valence-electron chi connectivity index (χ2n) is 9.61. The maximum absolute atomic E-state index is 12.0. The van der Waals surface area contributed by atoms with E-state index in [2.05, 4.69) is 36.4 Å². The number of carboxylic acid groups (broad SMARTS) is 1. The number of aromatic amines is 1. The molecule has 41 heavy (non-hydrogen) atoms. The van der Waals surface area contributed by atoms with Gasteiger partial charge in [-0.05, 0) is 57.8 Å². The van der Waals surface area contributed by atoms with Crippen LogP contribution in [0.1, 0.15) is 90.1 Å². The van der Waals surface area contributed by atoms with Crippen LogP contribution >= 0.6 is 0 Å². The van der Waals surface area contributed by atoms with Crippen molar-refractivity contribution < 1.29 is 27.8 Å². The minimum Gasteiger partial charge on any atom is -0.465 e. The Balaban J connectivity index is 0. The molecule has 1 aromatic rings. The van der Waals surface area contributed by atoms with Crippen molar-refractivity contribution in [1.82, 2.24) is 9.88 Å². The van der Waals surface area contributed by atoms with E-state index in [-0.39, 0.29) is 24.2 Å². The summed E-state index contributed by atoms with van der Waals surface area (Å²) in [6.45, 7) is 16.2. The van der Waals surface area contributed by atoms with Crippen LogP contribution in [0.3, 0.4) is 0 Å². The van der Waals surface area contributed by atoms with E-state index < -0.39 is 12.5 Å². The van der Waals surface area contributed by atoms with E-state index in [0.29, 0.717) is 5.70 Å². The molecule has 1 saturated carbocycles. The van der Waals surface area contributed by atoms with Gasteiger partial charge < -0.3 is 14.8 Å². The smallest absolute Gasteiger partial charge is 0.465 e. The number of nitrogens with zero attached hydrogens (tertiary/aromatic N) is 1. The van der Waals surface area contributed by atoms with Crippen molar-refractivity contribution in [3.8, 4) is 12.8 Å². The third-order valence-electron chi connectivity index (χ3n) is 6.41. The second-order valence-corrected chi connectivity index (χ2v) is 9.61. The Morgan fingerprint density at radius 2 is 1.68 bits per heavy atom. The average molecular weight is 583 g/mol. The summed E-state index contributed by atoms with van der Waals surface area (Å²) in [4.78, 5) is 26.0. The van der Waals surface area contributed by atoms with Crippen molar-refractivity contribution >= 4 is 6.09 Å². The summed E-state index contributed by atoms with van der Waals surface area (Å²) in [5.74, 6) is 1.71. The minimum absolute atomic E-state index is 0.0450. The standard InChI is InChI=1S/C11H12F3NO3.C9H18.C8H11NO.C2H6.C2H2/c1-2-15(10(16)17)8-4-3-5-9(7-6-8)18-11(12,13)14;1-8(2)9-6-4-3-5-7-9;1-5-4-8(10)6(2)7(3)9-5;2*1-2/h3-4,6-7H,2,5H2,1H3,(H,16,17);8-9H,3-7H2,1-2H3;4H,1-3H3,(H,9,10);1-2H3;1-2H. The number of rotatable bonds is 4. The molecule has 2 aliphatic rings. The summed E-state index contributed by atoms with van der Waals surface area (Å²) in [7, 11) is 0. The number of likely N-dealkylation sites (N-methyl/N-ethyl adjacent to an activating group) is 1. The lowest BCUT2D eigenvalue weighted by Crippen LogP contribution is -2.27. The van der Waals surface area contributed by atoms with E-state index in [1.807, 2.05) is 34.6 Å². The number of amides is 1. The minimum atomic E-state index is -4.74. The zero-order valence-corrected chi connectivity index (χ0v) is 25.9. The summed E-state index contributed by atoms with van der Waals surface area (Å²) in [6.07, 6.45) is 14.8. The number of halogens is 3. The maximum Gasteiger partial charge on any atom is 0.572 e. The first kappa shape index (κ1) is 39.7. The van der Waals surface area contributed by atoms with Gasteiger partial charge in [-0.1, -0.05) is 65.9 Å². The molecule has 2 N–H and O–H groups in total. The zero-order valence-electron chi connectivity index (χ0n) is 25.9. The fraction of sp³-hybridized carbons (Fsp3) is 0.562. The molecule has 2 aliphatic carbocycles. The number of hydrogen-bond donors (Lipinski definition) is 2. The van der Waals surface area contributed by atoms with Crippen molar-refractivity contribution in [1.29, 1.82) is 0 Å². The lowest BCUT2D eigenvalue weighted by molar-refractivity contribution is -0.305. The Morgan fingerprint density at radius 3 is 2.10 bits per heavy atom. The number of pyridine rings is 1. The Morgan fingerprint density at radius 1 is 1.12 bits per heavy atom. The Bertz CT molecular complexity index is 1060. The summed E-state index contributed by atoms with van der Waals surface area (Å²) in [5.41, 5.74) is 3.11. The van der Waals surface area contributed by atoms with E-state index in [4.69, 9.17) is 5.11 Å². The lowest BCUT2D eigenvalue weighted by Gasteiger charge is -2.24. The molecule has 6 nitrogen and oxygen atoms in total. The molecule has 0 unspecified atom stereocenters. The topological polar surface area (TPSA) is 82.6 Å². The van der Waals surface area contributed by atoms with Crippen molar-refractivity contribution in [3.63, 3.8) is 0 Å². The van der Waals surface area contributed by atoms with Gasteiger partial charge in [0.05, 0.1) is 0 Å². The number of alkyl halides is 3. The quantitative estimate of drug-likeness (QED) is 0.347. The van der Waals surface area contributed by atoms with Gasteiger partial charge in [0.1, 0.15) is 5.76 Å². The zero-order chi connectivity index (χ0) is 32.2. The SMILES string of the molecule is C#C.CC.CC(C)C1CCCCC1.CCN(C(=O)O)C1=CC=C(OC(F)(F)F)CC=C1.Cc1cc(=O)c(C)c(C)[nH]1. The Labute approximate surface area is 244 Å². The lowest BCUT2D eigenvalue weighted by atomic mass is 9.82. The first-order chi connectivity index (χ1) is 19.2. The molecule has 1 heterocycles. The number of hydrogen-bond acceptors (Lipinski definition) is 3. The predicted octanol–water partition coefficient (Wildman–Crippen LogP) is 9.05. The van der Waals surface area contributed by atoms with Gasteiger partial charge in [-0.3, -0.25) is 9.69 Å². The van der Waals surface area contributed by atoms with Crippen molar-refractivity contribution in [2.45, 2.75) is 100 Å². The molecule has 232 valence electrons. The molecule has 0 atom stereocenters. The van der Waals surface area contributed by atoms with Crippen LogP contribution in [0.4, 0.5) is 18.0 Å². The molecule has 1 fully saturated rings. The third kappa shape index (κ3) is 17.1. The summed E-state index contributed by atoms with van der Waals surface area (Å²) in [6, 6.07) is 1.61. The first-order valence-corrected chi connectivity index (χ1v) is 14.1. The van der Waals surface area contributed by atoms with Crippen LogP contribution in [0.15, 0.2) is 46.6 Å². The van der Waals surface area contributed by atoms with Crippen LogP contribution in [-0.4, -0.2) is 34.0 Å². The van der Waals surface area contributed by atoms with Gasteiger partial charge in [0.2, 0.25) is 0 Å². The van der Waals surface area contributed by atoms with Crippen LogP contribution in [0, 0.1) is 45.5 Å². The number of terminal acetylenes is 1. The average Bonchev–Trinajstić information content (AvgIpc) is 3.15. The summed E-state index contributed by atoms with van der Waals surface area (Å²) >= 11 is 0.